The predicted molar refractivity (Wildman–Crippen MR) is 92.8 cm³/mol. The molecule has 1 unspecified atom stereocenters. The van der Waals surface area contributed by atoms with Gasteiger partial charge in [0.05, 0.1) is 11.0 Å². The number of hydrogen-bond donors (Lipinski definition) is 1. The molecule has 3 saturated carbocycles. The van der Waals surface area contributed by atoms with Crippen LogP contribution in [0.25, 0.3) is 0 Å². The third-order valence-corrected chi connectivity index (χ3v) is 8.19. The summed E-state index contributed by atoms with van der Waals surface area (Å²) < 4.78 is 0. The standard InChI is InChI=1S/C20H29NO3/c1-19-9-7-15(22)11-13(19)3-5-16-17-6-4-14(12-21(23)24)20(17,2)10-8-18(16)19/h3,12,15-18,22H,4-11H2,1-2H3/t15?,16-,17-,18-,19-,20+/m0/s1. The molecule has 0 aliphatic heterocycles. The van der Waals surface area contributed by atoms with Crippen LogP contribution < -0.4 is 0 Å². The molecule has 4 rings (SSSR count). The lowest BCUT2D eigenvalue weighted by atomic mass is 9.48. The van der Waals surface area contributed by atoms with Crippen LogP contribution in [-0.2, 0) is 0 Å². The highest BCUT2D eigenvalue weighted by Crippen LogP contribution is 2.66. The van der Waals surface area contributed by atoms with Gasteiger partial charge in [-0.05, 0) is 80.0 Å². The first-order valence-corrected chi connectivity index (χ1v) is 9.57. The molecule has 4 nitrogen and oxygen atoms in total. The molecule has 0 saturated heterocycles. The topological polar surface area (TPSA) is 63.4 Å². The number of rotatable bonds is 1. The number of nitro groups is 1. The maximum absolute atomic E-state index is 11.0. The molecule has 1 N–H and O–H groups in total. The molecule has 0 aromatic carbocycles. The molecular formula is C20H29NO3. The van der Waals surface area contributed by atoms with Crippen LogP contribution in [0.2, 0.25) is 0 Å². The van der Waals surface area contributed by atoms with Crippen molar-refractivity contribution in [2.45, 2.75) is 71.3 Å². The second kappa shape index (κ2) is 5.42. The lowest BCUT2D eigenvalue weighted by Gasteiger charge is -2.57. The first kappa shape index (κ1) is 16.3. The number of hydrogen-bond acceptors (Lipinski definition) is 3. The summed E-state index contributed by atoms with van der Waals surface area (Å²) in [4.78, 5) is 10.8. The SMILES string of the molecule is C[C@]12CCC(O)CC1=CC[C@@H]1[C@@H]2CC[C@]2(C)C(=C[N+](=O)[O-])CC[C@@H]12. The highest BCUT2D eigenvalue weighted by molar-refractivity contribution is 5.28. The van der Waals surface area contributed by atoms with Crippen molar-refractivity contribution >= 4 is 0 Å². The minimum Gasteiger partial charge on any atom is -0.393 e. The van der Waals surface area contributed by atoms with Gasteiger partial charge in [-0.3, -0.25) is 10.1 Å². The zero-order valence-corrected chi connectivity index (χ0v) is 14.8. The highest BCUT2D eigenvalue weighted by Gasteiger charge is 2.57. The predicted octanol–water partition coefficient (Wildman–Crippen LogP) is 4.47. The molecule has 0 aromatic heterocycles. The van der Waals surface area contributed by atoms with E-state index in [4.69, 9.17) is 0 Å². The van der Waals surface area contributed by atoms with Gasteiger partial charge in [0, 0.05) is 5.57 Å². The Morgan fingerprint density at radius 3 is 2.67 bits per heavy atom. The van der Waals surface area contributed by atoms with Crippen molar-refractivity contribution in [3.63, 3.8) is 0 Å². The van der Waals surface area contributed by atoms with Gasteiger partial charge in [0.2, 0.25) is 6.20 Å². The van der Waals surface area contributed by atoms with E-state index in [0.29, 0.717) is 17.8 Å². The van der Waals surface area contributed by atoms with Crippen molar-refractivity contribution in [1.82, 2.24) is 0 Å². The van der Waals surface area contributed by atoms with E-state index in [9.17, 15) is 15.2 Å². The van der Waals surface area contributed by atoms with Gasteiger partial charge in [0.15, 0.2) is 0 Å². The fourth-order valence-corrected chi connectivity index (χ4v) is 6.83. The van der Waals surface area contributed by atoms with Crippen LogP contribution in [0.15, 0.2) is 23.4 Å². The molecule has 0 bridgehead atoms. The lowest BCUT2D eigenvalue weighted by Crippen LogP contribution is -2.49. The number of allylic oxidation sites excluding steroid dienone is 2. The van der Waals surface area contributed by atoms with E-state index in [1.165, 1.54) is 18.2 Å². The molecular weight excluding hydrogens is 302 g/mol. The minimum atomic E-state index is -0.252. The fourth-order valence-electron chi connectivity index (χ4n) is 6.83. The highest BCUT2D eigenvalue weighted by atomic mass is 16.6. The van der Waals surface area contributed by atoms with E-state index >= 15 is 0 Å². The summed E-state index contributed by atoms with van der Waals surface area (Å²) in [5, 5.41) is 21.1. The Balaban J connectivity index is 1.66. The van der Waals surface area contributed by atoms with Crippen molar-refractivity contribution < 1.29 is 10.0 Å². The average Bonchev–Trinajstić information content (AvgIpc) is 2.84. The third-order valence-electron chi connectivity index (χ3n) is 8.19. The molecule has 0 heterocycles. The largest absolute Gasteiger partial charge is 0.393 e. The summed E-state index contributed by atoms with van der Waals surface area (Å²) in [6, 6.07) is 0. The molecule has 4 aliphatic carbocycles. The van der Waals surface area contributed by atoms with Gasteiger partial charge in [-0.1, -0.05) is 25.5 Å². The third kappa shape index (κ3) is 2.22. The second-order valence-corrected chi connectivity index (χ2v) is 9.09. The molecule has 4 aliphatic rings. The number of aliphatic hydroxyl groups excluding tert-OH is 1. The van der Waals surface area contributed by atoms with Crippen LogP contribution in [0.4, 0.5) is 0 Å². The molecule has 0 radical (unpaired) electrons. The Morgan fingerprint density at radius 1 is 1.21 bits per heavy atom. The minimum absolute atomic E-state index is 0.0319. The van der Waals surface area contributed by atoms with Crippen LogP contribution in [0.3, 0.4) is 0 Å². The van der Waals surface area contributed by atoms with Crippen molar-refractivity contribution in [3.8, 4) is 0 Å². The average molecular weight is 331 g/mol. The lowest BCUT2D eigenvalue weighted by molar-refractivity contribution is -0.404. The van der Waals surface area contributed by atoms with Crippen LogP contribution in [0, 0.1) is 38.7 Å². The fraction of sp³-hybridized carbons (Fsp3) is 0.800. The Kier molecular flexibility index (Phi) is 3.68. The molecule has 0 aromatic rings. The van der Waals surface area contributed by atoms with E-state index in [0.717, 1.165) is 50.5 Å². The van der Waals surface area contributed by atoms with Gasteiger partial charge in [-0.15, -0.1) is 0 Å². The van der Waals surface area contributed by atoms with Gasteiger partial charge in [0.25, 0.3) is 0 Å². The maximum Gasteiger partial charge on any atom is 0.234 e. The molecule has 132 valence electrons. The number of aliphatic hydroxyl groups is 1. The maximum atomic E-state index is 11.0. The van der Waals surface area contributed by atoms with Crippen LogP contribution in [-0.4, -0.2) is 16.1 Å². The van der Waals surface area contributed by atoms with E-state index in [2.05, 4.69) is 19.9 Å². The summed E-state index contributed by atoms with van der Waals surface area (Å²) in [5.41, 5.74) is 2.85. The Morgan fingerprint density at radius 2 is 1.92 bits per heavy atom. The molecule has 0 spiro atoms. The summed E-state index contributed by atoms with van der Waals surface area (Å²) in [6.45, 7) is 4.70. The molecule has 6 atom stereocenters. The normalized spacial score (nSPS) is 49.1. The van der Waals surface area contributed by atoms with Crippen LogP contribution in [0.5, 0.6) is 0 Å². The van der Waals surface area contributed by atoms with E-state index in [-0.39, 0.29) is 21.9 Å². The summed E-state index contributed by atoms with van der Waals surface area (Å²) in [6.07, 6.45) is 11.8. The smallest absolute Gasteiger partial charge is 0.234 e. The monoisotopic (exact) mass is 331 g/mol. The van der Waals surface area contributed by atoms with Crippen molar-refractivity contribution in [3.05, 3.63) is 33.5 Å². The molecule has 24 heavy (non-hydrogen) atoms. The van der Waals surface area contributed by atoms with Gasteiger partial charge in [-0.2, -0.15) is 0 Å². The van der Waals surface area contributed by atoms with Gasteiger partial charge < -0.3 is 5.11 Å². The Bertz CT molecular complexity index is 624. The molecule has 3 fully saturated rings. The van der Waals surface area contributed by atoms with Gasteiger partial charge in [-0.25, -0.2) is 0 Å². The first-order valence-electron chi connectivity index (χ1n) is 9.57. The Labute approximate surface area is 144 Å². The summed E-state index contributed by atoms with van der Waals surface area (Å²) >= 11 is 0. The number of fused-ring (bicyclic) bond motifs is 5. The van der Waals surface area contributed by atoms with Crippen LogP contribution >= 0.6 is 0 Å². The summed E-state index contributed by atoms with van der Waals surface area (Å²) in [7, 11) is 0. The van der Waals surface area contributed by atoms with E-state index in [1.54, 1.807) is 0 Å². The van der Waals surface area contributed by atoms with Crippen molar-refractivity contribution in [2.24, 2.45) is 28.6 Å². The molecule has 4 heteroatoms. The van der Waals surface area contributed by atoms with E-state index in [1.807, 2.05) is 0 Å². The zero-order valence-electron chi connectivity index (χ0n) is 14.8. The van der Waals surface area contributed by atoms with Crippen LogP contribution in [0.1, 0.15) is 65.2 Å². The number of nitrogens with zero attached hydrogens (tertiary/aromatic N) is 1. The Hall–Kier alpha value is -1.16. The summed E-state index contributed by atoms with van der Waals surface area (Å²) in [5.74, 6) is 1.94. The zero-order chi connectivity index (χ0) is 17.1. The second-order valence-electron chi connectivity index (χ2n) is 9.09. The van der Waals surface area contributed by atoms with Crippen molar-refractivity contribution in [2.75, 3.05) is 0 Å². The first-order chi connectivity index (χ1) is 11.3. The van der Waals surface area contributed by atoms with Crippen molar-refractivity contribution in [1.29, 1.82) is 0 Å². The van der Waals surface area contributed by atoms with Gasteiger partial charge in [0.1, 0.15) is 0 Å². The molecule has 0 amide bonds. The quantitative estimate of drug-likeness (QED) is 0.438. The van der Waals surface area contributed by atoms with E-state index < -0.39 is 0 Å². The van der Waals surface area contributed by atoms with Gasteiger partial charge >= 0.3 is 0 Å².